The second-order valence-corrected chi connectivity index (χ2v) is 7.59. The zero-order chi connectivity index (χ0) is 26.9. The number of aromatic carboxylic acids is 1. The molecule has 3 aromatic rings. The van der Waals surface area contributed by atoms with E-state index < -0.39 is 29.3 Å². The highest BCUT2D eigenvalue weighted by atomic mass is 16.5. The number of carboxylic acid groups (broad SMARTS) is 1. The predicted molar refractivity (Wildman–Crippen MR) is 134 cm³/mol. The van der Waals surface area contributed by atoms with Crippen molar-refractivity contribution in [2.75, 3.05) is 12.4 Å². The van der Waals surface area contributed by atoms with Crippen molar-refractivity contribution in [3.8, 4) is 11.5 Å². The maximum absolute atomic E-state index is 12.9. The molecule has 0 aliphatic rings. The van der Waals surface area contributed by atoms with E-state index in [-0.39, 0.29) is 34.8 Å². The molecule has 2 amide bonds. The molecule has 10 nitrogen and oxygen atoms in total. The number of rotatable bonds is 9. The zero-order valence-corrected chi connectivity index (χ0v) is 19.8. The average molecular weight is 502 g/mol. The maximum atomic E-state index is 12.9. The van der Waals surface area contributed by atoms with Crippen LogP contribution in [0.4, 0.5) is 5.69 Å². The highest BCUT2D eigenvalue weighted by molar-refractivity contribution is 6.12. The molecule has 0 saturated carbocycles. The van der Waals surface area contributed by atoms with Crippen molar-refractivity contribution in [1.29, 1.82) is 0 Å². The monoisotopic (exact) mass is 502 g/mol. The predicted octanol–water partition coefficient (Wildman–Crippen LogP) is 3.46. The second-order valence-electron chi connectivity index (χ2n) is 7.59. The fourth-order valence-electron chi connectivity index (χ4n) is 3.32. The normalized spacial score (nSPS) is 10.4. The van der Waals surface area contributed by atoms with Gasteiger partial charge >= 0.3 is 11.9 Å². The summed E-state index contributed by atoms with van der Waals surface area (Å²) in [4.78, 5) is 59.8. The Kier molecular flexibility index (Phi) is 8.50. The van der Waals surface area contributed by atoms with Gasteiger partial charge in [0.1, 0.15) is 11.5 Å². The van der Waals surface area contributed by atoms with Crippen LogP contribution in [0.2, 0.25) is 0 Å². The first-order valence-corrected chi connectivity index (χ1v) is 10.8. The van der Waals surface area contributed by atoms with Crippen molar-refractivity contribution in [2.45, 2.75) is 6.92 Å². The average Bonchev–Trinajstić information content (AvgIpc) is 2.89. The Morgan fingerprint density at radius 3 is 2.22 bits per heavy atom. The zero-order valence-electron chi connectivity index (χ0n) is 19.8. The molecule has 0 radical (unpaired) electrons. The minimum Gasteiger partial charge on any atom is -0.478 e. The molecule has 0 atom stereocenters. The largest absolute Gasteiger partial charge is 0.478 e. The molecule has 0 spiro atoms. The summed E-state index contributed by atoms with van der Waals surface area (Å²) in [6.45, 7) is 1.72. The highest BCUT2D eigenvalue weighted by Crippen LogP contribution is 2.27. The molecule has 0 aromatic heterocycles. The molecular formula is C27H22N2O8. The van der Waals surface area contributed by atoms with E-state index in [1.807, 2.05) is 30.3 Å². The lowest BCUT2D eigenvalue weighted by atomic mass is 10.0. The molecule has 3 rings (SSSR count). The number of amides is 2. The summed E-state index contributed by atoms with van der Waals surface area (Å²) in [7, 11) is 1.32. The van der Waals surface area contributed by atoms with Gasteiger partial charge in [0.15, 0.2) is 0 Å². The molecule has 10 heteroatoms. The van der Waals surface area contributed by atoms with E-state index in [4.69, 9.17) is 9.47 Å². The van der Waals surface area contributed by atoms with Gasteiger partial charge in [0, 0.05) is 18.8 Å². The van der Waals surface area contributed by atoms with Gasteiger partial charge in [0.2, 0.25) is 0 Å². The second kappa shape index (κ2) is 11.9. The van der Waals surface area contributed by atoms with Gasteiger partial charge < -0.3 is 25.2 Å². The molecular weight excluding hydrogens is 480 g/mol. The topological polar surface area (TPSA) is 148 Å². The third-order valence-corrected chi connectivity index (χ3v) is 5.10. The summed E-state index contributed by atoms with van der Waals surface area (Å²) in [5.74, 6) is -3.60. The Morgan fingerprint density at radius 1 is 0.865 bits per heavy atom. The number of hydrogen-bond acceptors (Lipinski definition) is 7. The van der Waals surface area contributed by atoms with Crippen LogP contribution in [0.3, 0.4) is 0 Å². The Labute approximate surface area is 211 Å². The van der Waals surface area contributed by atoms with Crippen LogP contribution in [-0.4, -0.2) is 42.4 Å². The fourth-order valence-corrected chi connectivity index (χ4v) is 3.32. The summed E-state index contributed by atoms with van der Waals surface area (Å²) < 4.78 is 10.1. The lowest BCUT2D eigenvalue weighted by Crippen LogP contribution is -2.22. The van der Waals surface area contributed by atoms with E-state index >= 15 is 0 Å². The molecule has 0 unspecified atom stereocenters. The SMILES string of the molecule is CNC(=O)c1cc(C(=O)O)c(C(=O)Nc2ccc(OC(=O)/C=C/c3ccccc3)c(C)c2)cc1OC=O. The molecule has 0 heterocycles. The minimum absolute atomic E-state index is 0.0579. The number of carbonyl (C=O) groups is 5. The fraction of sp³-hybridized carbons (Fsp3) is 0.0741. The number of esters is 1. The van der Waals surface area contributed by atoms with Crippen LogP contribution in [0.25, 0.3) is 6.08 Å². The van der Waals surface area contributed by atoms with E-state index in [0.717, 1.165) is 17.7 Å². The minimum atomic E-state index is -1.46. The molecule has 0 aliphatic carbocycles. The Balaban J connectivity index is 1.81. The van der Waals surface area contributed by atoms with Crippen molar-refractivity contribution >= 4 is 42.0 Å². The van der Waals surface area contributed by atoms with E-state index in [1.165, 1.54) is 31.3 Å². The first-order valence-electron chi connectivity index (χ1n) is 10.8. The quantitative estimate of drug-likeness (QED) is 0.174. The van der Waals surface area contributed by atoms with Crippen LogP contribution in [0.5, 0.6) is 11.5 Å². The number of benzene rings is 3. The van der Waals surface area contributed by atoms with Gasteiger partial charge in [-0.2, -0.15) is 0 Å². The molecule has 0 fully saturated rings. The lowest BCUT2D eigenvalue weighted by Gasteiger charge is -2.13. The van der Waals surface area contributed by atoms with Crippen molar-refractivity contribution in [1.82, 2.24) is 5.32 Å². The number of aryl methyl sites for hydroxylation is 1. The smallest absolute Gasteiger partial charge is 0.336 e. The van der Waals surface area contributed by atoms with Crippen LogP contribution >= 0.6 is 0 Å². The molecule has 0 saturated heterocycles. The molecule has 188 valence electrons. The van der Waals surface area contributed by atoms with E-state index in [9.17, 15) is 29.1 Å². The number of nitrogens with one attached hydrogen (secondary N) is 2. The van der Waals surface area contributed by atoms with Gasteiger partial charge in [-0.25, -0.2) is 9.59 Å². The third-order valence-electron chi connectivity index (χ3n) is 5.10. The van der Waals surface area contributed by atoms with E-state index in [0.29, 0.717) is 5.56 Å². The summed E-state index contributed by atoms with van der Waals surface area (Å²) in [5, 5.41) is 14.4. The molecule has 3 aromatic carbocycles. The van der Waals surface area contributed by atoms with E-state index in [2.05, 4.69) is 10.6 Å². The van der Waals surface area contributed by atoms with Crippen molar-refractivity contribution in [3.63, 3.8) is 0 Å². The first kappa shape index (κ1) is 26.4. The van der Waals surface area contributed by atoms with Crippen LogP contribution in [0.1, 0.15) is 42.2 Å². The number of carboxylic acids is 1. The molecule has 37 heavy (non-hydrogen) atoms. The van der Waals surface area contributed by atoms with Crippen LogP contribution in [0, 0.1) is 6.92 Å². The first-order chi connectivity index (χ1) is 17.7. The third kappa shape index (κ3) is 6.67. The Hall–Kier alpha value is -5.25. The number of anilines is 1. The summed E-state index contributed by atoms with van der Waals surface area (Å²) in [6.07, 6.45) is 2.91. The van der Waals surface area contributed by atoms with Crippen LogP contribution in [0.15, 0.2) is 66.7 Å². The number of carbonyl (C=O) groups excluding carboxylic acids is 4. The van der Waals surface area contributed by atoms with E-state index in [1.54, 1.807) is 13.0 Å². The standard InChI is InChI=1S/C27H22N2O8/c1-16-12-18(9-10-22(16)37-24(31)11-8-17-6-4-3-5-7-17)29-26(33)19-14-23(36-15-30)21(25(32)28-2)13-20(19)27(34)35/h3-15H,1-2H3,(H,28,32)(H,29,33)(H,34,35)/b11-8+. The molecule has 0 bridgehead atoms. The summed E-state index contributed by atoms with van der Waals surface area (Å²) in [6, 6.07) is 15.6. The van der Waals surface area contributed by atoms with Gasteiger partial charge in [-0.05, 0) is 54.5 Å². The van der Waals surface area contributed by atoms with Gasteiger partial charge in [-0.15, -0.1) is 0 Å². The number of ether oxygens (including phenoxy) is 2. The number of hydrogen-bond donors (Lipinski definition) is 3. The summed E-state index contributed by atoms with van der Waals surface area (Å²) >= 11 is 0. The molecule has 0 aliphatic heterocycles. The van der Waals surface area contributed by atoms with Gasteiger partial charge in [0.25, 0.3) is 18.3 Å². The van der Waals surface area contributed by atoms with Crippen LogP contribution < -0.4 is 20.1 Å². The van der Waals surface area contributed by atoms with Gasteiger partial charge in [-0.1, -0.05) is 30.3 Å². The Bertz CT molecular complexity index is 1400. The maximum Gasteiger partial charge on any atom is 0.336 e. The highest BCUT2D eigenvalue weighted by Gasteiger charge is 2.24. The summed E-state index contributed by atoms with van der Waals surface area (Å²) in [5.41, 5.74) is 0.606. The van der Waals surface area contributed by atoms with Gasteiger partial charge in [0.05, 0.1) is 16.7 Å². The Morgan fingerprint density at radius 2 is 1.59 bits per heavy atom. The van der Waals surface area contributed by atoms with Crippen molar-refractivity contribution < 1.29 is 38.6 Å². The van der Waals surface area contributed by atoms with Gasteiger partial charge in [-0.3, -0.25) is 14.4 Å². The molecule has 3 N–H and O–H groups in total. The van der Waals surface area contributed by atoms with Crippen LogP contribution in [-0.2, 0) is 9.59 Å². The van der Waals surface area contributed by atoms with Crippen molar-refractivity contribution in [3.05, 3.63) is 94.6 Å². The lowest BCUT2D eigenvalue weighted by molar-refractivity contribution is -0.129. The van der Waals surface area contributed by atoms with Crippen molar-refractivity contribution in [2.24, 2.45) is 0 Å².